The van der Waals surface area contributed by atoms with Crippen LogP contribution < -0.4 is 14.8 Å². The van der Waals surface area contributed by atoms with Crippen LogP contribution in [0.1, 0.15) is 21.6 Å². The zero-order valence-corrected chi connectivity index (χ0v) is 18.2. The molecule has 0 aliphatic carbocycles. The summed E-state index contributed by atoms with van der Waals surface area (Å²) in [7, 11) is 1.55. The molecule has 0 atom stereocenters. The van der Waals surface area contributed by atoms with Crippen molar-refractivity contribution >= 4 is 17.2 Å². The first-order chi connectivity index (χ1) is 15.6. The number of rotatable bonds is 8. The summed E-state index contributed by atoms with van der Waals surface area (Å²) in [6, 6.07) is 21.4. The molecule has 0 unspecified atom stereocenters. The third kappa shape index (κ3) is 5.31. The quantitative estimate of drug-likeness (QED) is 0.389. The molecule has 0 spiro atoms. The van der Waals surface area contributed by atoms with Gasteiger partial charge in [0, 0.05) is 17.5 Å². The van der Waals surface area contributed by atoms with Gasteiger partial charge in [-0.3, -0.25) is 4.79 Å². The van der Waals surface area contributed by atoms with E-state index in [9.17, 15) is 9.18 Å². The van der Waals surface area contributed by atoms with E-state index in [1.165, 1.54) is 23.5 Å². The van der Waals surface area contributed by atoms with Crippen LogP contribution in [0.4, 0.5) is 4.39 Å². The van der Waals surface area contributed by atoms with E-state index < -0.39 is 0 Å². The molecular weight excluding hydrogens is 427 g/mol. The van der Waals surface area contributed by atoms with Crippen molar-refractivity contribution in [3.8, 4) is 22.1 Å². The first-order valence-electron chi connectivity index (χ1n) is 9.95. The van der Waals surface area contributed by atoms with Crippen molar-refractivity contribution in [2.24, 2.45) is 0 Å². The van der Waals surface area contributed by atoms with E-state index in [1.54, 1.807) is 30.7 Å². The largest absolute Gasteiger partial charge is 0.493 e. The van der Waals surface area contributed by atoms with E-state index >= 15 is 0 Å². The molecule has 1 amide bonds. The SMILES string of the molecule is COc1cc(-c2nc(C(=O)NCc3ccccc3)cs2)ccc1OCc1cccc(F)c1. The van der Waals surface area contributed by atoms with E-state index in [-0.39, 0.29) is 18.3 Å². The molecular formula is C25H21FN2O3S. The second-order valence-corrected chi connectivity index (χ2v) is 7.85. The number of thiazole rings is 1. The van der Waals surface area contributed by atoms with Crippen molar-refractivity contribution < 1.29 is 18.7 Å². The van der Waals surface area contributed by atoms with Gasteiger partial charge in [-0.05, 0) is 41.5 Å². The van der Waals surface area contributed by atoms with E-state index in [2.05, 4.69) is 10.3 Å². The number of methoxy groups -OCH3 is 1. The zero-order valence-electron chi connectivity index (χ0n) is 17.4. The molecule has 0 saturated carbocycles. The van der Waals surface area contributed by atoms with Gasteiger partial charge in [0.15, 0.2) is 11.5 Å². The highest BCUT2D eigenvalue weighted by atomic mass is 32.1. The first kappa shape index (κ1) is 21.5. The van der Waals surface area contributed by atoms with Crippen LogP contribution in [-0.4, -0.2) is 18.0 Å². The second kappa shape index (κ2) is 10.1. The van der Waals surface area contributed by atoms with Gasteiger partial charge >= 0.3 is 0 Å². The third-order valence-corrected chi connectivity index (χ3v) is 5.62. The van der Waals surface area contributed by atoms with Gasteiger partial charge in [0.05, 0.1) is 7.11 Å². The van der Waals surface area contributed by atoms with Crippen LogP contribution in [-0.2, 0) is 13.2 Å². The highest BCUT2D eigenvalue weighted by Crippen LogP contribution is 2.34. The summed E-state index contributed by atoms with van der Waals surface area (Å²) in [6.07, 6.45) is 0. The Labute approximate surface area is 189 Å². The fourth-order valence-electron chi connectivity index (χ4n) is 3.09. The molecule has 4 aromatic rings. The molecule has 1 heterocycles. The predicted octanol–water partition coefficient (Wildman–Crippen LogP) is 5.47. The lowest BCUT2D eigenvalue weighted by molar-refractivity contribution is 0.0946. The predicted molar refractivity (Wildman–Crippen MR) is 122 cm³/mol. The van der Waals surface area contributed by atoms with Gasteiger partial charge < -0.3 is 14.8 Å². The van der Waals surface area contributed by atoms with Gasteiger partial charge in [0.2, 0.25) is 0 Å². The van der Waals surface area contributed by atoms with Crippen molar-refractivity contribution in [2.75, 3.05) is 7.11 Å². The highest BCUT2D eigenvalue weighted by Gasteiger charge is 2.14. The molecule has 3 aromatic carbocycles. The Kier molecular flexibility index (Phi) is 6.77. The highest BCUT2D eigenvalue weighted by molar-refractivity contribution is 7.13. The number of nitrogens with one attached hydrogen (secondary N) is 1. The third-order valence-electron chi connectivity index (χ3n) is 4.73. The minimum absolute atomic E-state index is 0.219. The molecule has 4 rings (SSSR count). The van der Waals surface area contributed by atoms with Crippen LogP contribution in [0.15, 0.2) is 78.2 Å². The molecule has 1 N–H and O–H groups in total. The summed E-state index contributed by atoms with van der Waals surface area (Å²) in [5.41, 5.74) is 2.93. The number of hydrogen-bond acceptors (Lipinski definition) is 5. The number of amides is 1. The molecule has 0 saturated heterocycles. The molecule has 32 heavy (non-hydrogen) atoms. The summed E-state index contributed by atoms with van der Waals surface area (Å²) >= 11 is 1.38. The van der Waals surface area contributed by atoms with Crippen molar-refractivity contribution in [2.45, 2.75) is 13.2 Å². The molecule has 0 fully saturated rings. The molecule has 7 heteroatoms. The molecule has 0 aliphatic rings. The Balaban J connectivity index is 1.43. The van der Waals surface area contributed by atoms with E-state index in [0.717, 1.165) is 16.7 Å². The summed E-state index contributed by atoms with van der Waals surface area (Å²) in [6.45, 7) is 0.661. The molecule has 1 aromatic heterocycles. The van der Waals surface area contributed by atoms with Crippen LogP contribution in [0.2, 0.25) is 0 Å². The van der Waals surface area contributed by atoms with Crippen molar-refractivity contribution in [1.82, 2.24) is 10.3 Å². The summed E-state index contributed by atoms with van der Waals surface area (Å²) in [5.74, 6) is 0.543. The fraction of sp³-hybridized carbons (Fsp3) is 0.120. The Hall–Kier alpha value is -3.71. The Morgan fingerprint density at radius 1 is 1.00 bits per heavy atom. The maximum absolute atomic E-state index is 13.4. The lowest BCUT2D eigenvalue weighted by Gasteiger charge is -2.12. The number of carbonyl (C=O) groups excluding carboxylic acids is 1. The van der Waals surface area contributed by atoms with Crippen molar-refractivity contribution in [1.29, 1.82) is 0 Å². The standard InChI is InChI=1S/C25H21FN2O3S/c1-30-23-13-19(10-11-22(23)31-15-18-8-5-9-20(26)12-18)25-28-21(16-32-25)24(29)27-14-17-6-3-2-4-7-17/h2-13,16H,14-15H2,1H3,(H,27,29). The number of ether oxygens (including phenoxy) is 2. The average Bonchev–Trinajstić information content (AvgIpc) is 3.32. The van der Waals surface area contributed by atoms with E-state index in [0.29, 0.717) is 28.7 Å². The van der Waals surface area contributed by atoms with Crippen LogP contribution in [0.5, 0.6) is 11.5 Å². The van der Waals surface area contributed by atoms with Gasteiger partial charge in [0.1, 0.15) is 23.1 Å². The molecule has 0 bridgehead atoms. The second-order valence-electron chi connectivity index (χ2n) is 6.99. The molecule has 5 nitrogen and oxygen atoms in total. The van der Waals surface area contributed by atoms with Gasteiger partial charge in [-0.25, -0.2) is 9.37 Å². The lowest BCUT2D eigenvalue weighted by atomic mass is 10.2. The normalized spacial score (nSPS) is 10.6. The van der Waals surface area contributed by atoms with Gasteiger partial charge in [-0.15, -0.1) is 11.3 Å². The van der Waals surface area contributed by atoms with E-state index in [1.807, 2.05) is 42.5 Å². The Morgan fingerprint density at radius 3 is 2.59 bits per heavy atom. The number of aromatic nitrogens is 1. The van der Waals surface area contributed by atoms with Gasteiger partial charge in [-0.2, -0.15) is 0 Å². The van der Waals surface area contributed by atoms with Gasteiger partial charge in [0.25, 0.3) is 5.91 Å². The number of hydrogen-bond donors (Lipinski definition) is 1. The summed E-state index contributed by atoms with van der Waals surface area (Å²) in [4.78, 5) is 16.9. The number of nitrogens with zero attached hydrogens (tertiary/aromatic N) is 1. The first-order valence-corrected chi connectivity index (χ1v) is 10.8. The minimum atomic E-state index is -0.305. The molecule has 0 aliphatic heterocycles. The maximum atomic E-state index is 13.4. The lowest BCUT2D eigenvalue weighted by Crippen LogP contribution is -2.23. The van der Waals surface area contributed by atoms with Crippen LogP contribution in [0.3, 0.4) is 0 Å². The van der Waals surface area contributed by atoms with Crippen molar-refractivity contribution in [3.05, 3.63) is 101 Å². The maximum Gasteiger partial charge on any atom is 0.271 e. The van der Waals surface area contributed by atoms with E-state index in [4.69, 9.17) is 9.47 Å². The fourth-order valence-corrected chi connectivity index (χ4v) is 3.88. The summed E-state index contributed by atoms with van der Waals surface area (Å²) < 4.78 is 24.6. The monoisotopic (exact) mass is 448 g/mol. The Morgan fingerprint density at radius 2 is 1.81 bits per heavy atom. The molecule has 162 valence electrons. The molecule has 0 radical (unpaired) electrons. The number of benzene rings is 3. The topological polar surface area (TPSA) is 60.5 Å². The van der Waals surface area contributed by atoms with Crippen LogP contribution in [0, 0.1) is 5.82 Å². The van der Waals surface area contributed by atoms with Crippen LogP contribution >= 0.6 is 11.3 Å². The average molecular weight is 449 g/mol. The summed E-state index contributed by atoms with van der Waals surface area (Å²) in [5, 5.41) is 5.31. The zero-order chi connectivity index (χ0) is 22.3. The smallest absolute Gasteiger partial charge is 0.271 e. The van der Waals surface area contributed by atoms with Gasteiger partial charge in [-0.1, -0.05) is 42.5 Å². The Bertz CT molecular complexity index is 1210. The number of carbonyl (C=O) groups is 1. The van der Waals surface area contributed by atoms with Crippen LogP contribution in [0.25, 0.3) is 10.6 Å². The minimum Gasteiger partial charge on any atom is -0.493 e. The van der Waals surface area contributed by atoms with Crippen molar-refractivity contribution in [3.63, 3.8) is 0 Å². The number of halogens is 1.